The van der Waals surface area contributed by atoms with E-state index in [1.54, 1.807) is 13.2 Å². The number of carbonyl (C=O) groups excluding carboxylic acids is 1. The number of hydrogen-bond acceptors (Lipinski definition) is 4. The summed E-state index contributed by atoms with van der Waals surface area (Å²) < 4.78 is 10.0. The Bertz CT molecular complexity index is 292. The summed E-state index contributed by atoms with van der Waals surface area (Å²) in [7, 11) is 1.61. The molecule has 17 heavy (non-hydrogen) atoms. The molecule has 4 nitrogen and oxygen atoms in total. The van der Waals surface area contributed by atoms with Crippen molar-refractivity contribution in [1.29, 1.82) is 5.26 Å². The summed E-state index contributed by atoms with van der Waals surface area (Å²) in [5.74, 6) is -0.535. The van der Waals surface area contributed by atoms with Crippen LogP contribution in [0.3, 0.4) is 0 Å². The molecule has 0 N–H and O–H groups in total. The third kappa shape index (κ3) is 7.53. The van der Waals surface area contributed by atoms with E-state index in [4.69, 9.17) is 14.7 Å². The molecular weight excluding hydrogens is 218 g/mol. The van der Waals surface area contributed by atoms with Gasteiger partial charge < -0.3 is 9.47 Å². The molecule has 0 fully saturated rings. The highest BCUT2D eigenvalue weighted by Gasteiger charge is 2.10. The number of rotatable bonds is 8. The molecule has 1 unspecified atom stereocenters. The molecule has 0 aromatic carbocycles. The molecule has 0 amide bonds. The zero-order valence-electron chi connectivity index (χ0n) is 10.9. The van der Waals surface area contributed by atoms with Crippen molar-refractivity contribution in [3.8, 4) is 6.07 Å². The van der Waals surface area contributed by atoms with E-state index < -0.39 is 5.97 Å². The van der Waals surface area contributed by atoms with Crippen molar-refractivity contribution in [2.75, 3.05) is 13.7 Å². The van der Waals surface area contributed by atoms with Crippen LogP contribution in [0.5, 0.6) is 0 Å². The fourth-order valence-electron chi connectivity index (χ4n) is 1.14. The van der Waals surface area contributed by atoms with Gasteiger partial charge in [-0.25, -0.2) is 4.79 Å². The molecule has 0 aromatic rings. The molecule has 0 spiro atoms. The number of esters is 1. The molecule has 1 atom stereocenters. The van der Waals surface area contributed by atoms with Crippen molar-refractivity contribution in [3.63, 3.8) is 0 Å². The summed E-state index contributed by atoms with van der Waals surface area (Å²) in [6.45, 7) is 4.24. The molecule has 0 aromatic heterocycles. The second kappa shape index (κ2) is 9.86. The van der Waals surface area contributed by atoms with Crippen LogP contribution < -0.4 is 0 Å². The molecule has 0 aliphatic carbocycles. The number of ether oxygens (including phenoxy) is 2. The molecule has 0 rings (SSSR count). The Morgan fingerprint density at radius 1 is 1.53 bits per heavy atom. The first-order valence-corrected chi connectivity index (χ1v) is 5.95. The van der Waals surface area contributed by atoms with E-state index in [1.807, 2.05) is 13.0 Å². The molecule has 4 heteroatoms. The summed E-state index contributed by atoms with van der Waals surface area (Å²) in [5, 5.41) is 8.81. The molecule has 0 bridgehead atoms. The topological polar surface area (TPSA) is 59.3 Å². The molecule has 0 heterocycles. The third-order valence-electron chi connectivity index (χ3n) is 2.41. The van der Waals surface area contributed by atoms with Gasteiger partial charge in [-0.15, -0.1) is 0 Å². The lowest BCUT2D eigenvalue weighted by Crippen LogP contribution is -2.13. The largest absolute Gasteiger partial charge is 0.461 e. The lowest BCUT2D eigenvalue weighted by atomic mass is 10.2. The molecule has 0 radical (unpaired) electrons. The number of nitriles is 1. The van der Waals surface area contributed by atoms with Crippen LogP contribution in [0.2, 0.25) is 0 Å². The zero-order chi connectivity index (χ0) is 13.1. The maximum atomic E-state index is 11.5. The van der Waals surface area contributed by atoms with Gasteiger partial charge in [-0.05, 0) is 13.3 Å². The fourth-order valence-corrected chi connectivity index (χ4v) is 1.14. The molecule has 0 aliphatic rings. The quantitative estimate of drug-likeness (QED) is 0.283. The van der Waals surface area contributed by atoms with Gasteiger partial charge >= 0.3 is 5.97 Å². The average Bonchev–Trinajstić information content (AvgIpc) is 2.34. The van der Waals surface area contributed by atoms with Crippen molar-refractivity contribution in [1.82, 2.24) is 0 Å². The van der Waals surface area contributed by atoms with Crippen molar-refractivity contribution in [3.05, 3.63) is 11.6 Å². The number of methoxy groups -OCH3 is 1. The second-order valence-corrected chi connectivity index (χ2v) is 3.84. The Morgan fingerprint density at radius 3 is 2.76 bits per heavy atom. The first kappa shape index (κ1) is 15.7. The Labute approximate surface area is 103 Å². The number of unbranched alkanes of at least 4 members (excludes halogenated alkanes) is 2. The maximum absolute atomic E-state index is 11.5. The van der Waals surface area contributed by atoms with Gasteiger partial charge in [0.1, 0.15) is 11.6 Å². The highest BCUT2D eigenvalue weighted by molar-refractivity contribution is 5.92. The summed E-state index contributed by atoms with van der Waals surface area (Å²) >= 11 is 0. The standard InChI is InChI=1S/C13H21NO3/c1-4-5-6-7-12(10-14)13(15)17-9-8-11(2)16-3/h7,11H,4-6,8-9H2,1-3H3. The zero-order valence-corrected chi connectivity index (χ0v) is 10.9. The minimum absolute atomic E-state index is 0.0532. The Hall–Kier alpha value is -1.34. The smallest absolute Gasteiger partial charge is 0.348 e. The van der Waals surface area contributed by atoms with E-state index in [9.17, 15) is 4.79 Å². The van der Waals surface area contributed by atoms with Gasteiger partial charge in [0.15, 0.2) is 0 Å². The molecule has 0 saturated carbocycles. The minimum Gasteiger partial charge on any atom is -0.461 e. The molecule has 96 valence electrons. The summed E-state index contributed by atoms with van der Waals surface area (Å²) in [6.07, 6.45) is 5.08. The average molecular weight is 239 g/mol. The highest BCUT2D eigenvalue weighted by atomic mass is 16.5. The third-order valence-corrected chi connectivity index (χ3v) is 2.41. The first-order valence-electron chi connectivity index (χ1n) is 5.95. The van der Waals surface area contributed by atoms with Gasteiger partial charge in [-0.2, -0.15) is 5.26 Å². The van der Waals surface area contributed by atoms with Gasteiger partial charge in [0.2, 0.25) is 0 Å². The number of carbonyl (C=O) groups is 1. The number of nitrogens with zero attached hydrogens (tertiary/aromatic N) is 1. The van der Waals surface area contributed by atoms with Crippen LogP contribution in [0.1, 0.15) is 39.5 Å². The lowest BCUT2D eigenvalue weighted by Gasteiger charge is -2.09. The van der Waals surface area contributed by atoms with Gasteiger partial charge in [-0.3, -0.25) is 0 Å². The van der Waals surface area contributed by atoms with Crippen LogP contribution in [0, 0.1) is 11.3 Å². The predicted molar refractivity (Wildman–Crippen MR) is 65.3 cm³/mol. The Kier molecular flexibility index (Phi) is 9.08. The monoisotopic (exact) mass is 239 g/mol. The van der Waals surface area contributed by atoms with Crippen LogP contribution in [0.4, 0.5) is 0 Å². The second-order valence-electron chi connectivity index (χ2n) is 3.84. The van der Waals surface area contributed by atoms with E-state index in [1.165, 1.54) is 0 Å². The summed E-state index contributed by atoms with van der Waals surface area (Å²) in [4.78, 5) is 11.5. The van der Waals surface area contributed by atoms with Gasteiger partial charge in [0.25, 0.3) is 0 Å². The lowest BCUT2D eigenvalue weighted by molar-refractivity contribution is -0.139. The highest BCUT2D eigenvalue weighted by Crippen LogP contribution is 2.04. The minimum atomic E-state index is -0.535. The van der Waals surface area contributed by atoms with Crippen molar-refractivity contribution >= 4 is 5.97 Å². The fraction of sp³-hybridized carbons (Fsp3) is 0.692. The Balaban J connectivity index is 4.01. The van der Waals surface area contributed by atoms with E-state index in [0.717, 1.165) is 19.3 Å². The molecule has 0 saturated heterocycles. The van der Waals surface area contributed by atoms with Gasteiger partial charge in [0.05, 0.1) is 12.7 Å². The van der Waals surface area contributed by atoms with Crippen LogP contribution in [-0.4, -0.2) is 25.8 Å². The Morgan fingerprint density at radius 2 is 2.24 bits per heavy atom. The summed E-state index contributed by atoms with van der Waals surface area (Å²) in [5.41, 5.74) is 0.100. The van der Waals surface area contributed by atoms with Gasteiger partial charge in [0, 0.05) is 13.5 Å². The normalized spacial score (nSPS) is 12.9. The van der Waals surface area contributed by atoms with Crippen LogP contribution >= 0.6 is 0 Å². The van der Waals surface area contributed by atoms with Gasteiger partial charge in [-0.1, -0.05) is 25.8 Å². The van der Waals surface area contributed by atoms with E-state index in [0.29, 0.717) is 6.42 Å². The first-order chi connectivity index (χ1) is 8.15. The SMILES string of the molecule is CCCCC=C(C#N)C(=O)OCCC(C)OC. The van der Waals surface area contributed by atoms with E-state index in [-0.39, 0.29) is 18.3 Å². The van der Waals surface area contributed by atoms with Crippen molar-refractivity contribution < 1.29 is 14.3 Å². The van der Waals surface area contributed by atoms with E-state index in [2.05, 4.69) is 6.92 Å². The van der Waals surface area contributed by atoms with Crippen molar-refractivity contribution in [2.24, 2.45) is 0 Å². The van der Waals surface area contributed by atoms with Crippen LogP contribution in [0.15, 0.2) is 11.6 Å². The van der Waals surface area contributed by atoms with Crippen LogP contribution in [-0.2, 0) is 14.3 Å². The maximum Gasteiger partial charge on any atom is 0.348 e. The van der Waals surface area contributed by atoms with Crippen LogP contribution in [0.25, 0.3) is 0 Å². The van der Waals surface area contributed by atoms with E-state index >= 15 is 0 Å². The predicted octanol–water partition coefficient (Wildman–Crippen LogP) is 2.59. The number of allylic oxidation sites excluding steroid dienone is 1. The summed E-state index contributed by atoms with van der Waals surface area (Å²) in [6, 6.07) is 1.87. The molecular formula is C13H21NO3. The number of hydrogen-bond donors (Lipinski definition) is 0. The molecule has 0 aliphatic heterocycles. The van der Waals surface area contributed by atoms with Crippen molar-refractivity contribution in [2.45, 2.75) is 45.6 Å².